The number of aromatic hydroxyl groups is 1. The molecule has 0 radical (unpaired) electrons. The van der Waals surface area contributed by atoms with Crippen LogP contribution < -0.4 is 20.9 Å². The van der Waals surface area contributed by atoms with Gasteiger partial charge in [0.1, 0.15) is 11.5 Å². The zero-order valence-corrected chi connectivity index (χ0v) is 16.5. The Morgan fingerprint density at radius 1 is 1.11 bits per heavy atom. The van der Waals surface area contributed by atoms with Crippen molar-refractivity contribution in [2.24, 2.45) is 0 Å². The second kappa shape index (κ2) is 8.83. The molecule has 2 aromatic rings. The standard InChI is InChI=1S/C17H19ClN4O5S/c1-10(23)16(17(25)20-13-6-4-3-5-12(13)18)22-21-14-9-11(7-8-15(14)24)28(26,27)19-2/h3-9,19,21-24H,1-2H3,(H,20,25)/b16-10-. The van der Waals surface area contributed by atoms with E-state index in [0.29, 0.717) is 10.7 Å². The molecule has 0 saturated carbocycles. The van der Waals surface area contributed by atoms with Crippen LogP contribution in [-0.4, -0.2) is 31.6 Å². The quantitative estimate of drug-likeness (QED) is 0.173. The Balaban J connectivity index is 2.21. The summed E-state index contributed by atoms with van der Waals surface area (Å²) in [7, 11) is -2.49. The van der Waals surface area contributed by atoms with Crippen LogP contribution in [0, 0.1) is 0 Å². The maximum Gasteiger partial charge on any atom is 0.277 e. The average Bonchev–Trinajstić information content (AvgIpc) is 2.64. The number of hydrazine groups is 1. The number of sulfonamides is 1. The number of aliphatic hydroxyl groups excluding tert-OH is 1. The van der Waals surface area contributed by atoms with Crippen LogP contribution in [0.1, 0.15) is 6.92 Å². The van der Waals surface area contributed by atoms with E-state index in [1.165, 1.54) is 26.1 Å². The highest BCUT2D eigenvalue weighted by molar-refractivity contribution is 7.89. The van der Waals surface area contributed by atoms with E-state index in [1.807, 2.05) is 0 Å². The van der Waals surface area contributed by atoms with E-state index in [2.05, 4.69) is 20.9 Å². The monoisotopic (exact) mass is 426 g/mol. The lowest BCUT2D eigenvalue weighted by Crippen LogP contribution is -2.31. The maximum absolute atomic E-state index is 12.4. The van der Waals surface area contributed by atoms with Crippen molar-refractivity contribution >= 4 is 38.9 Å². The topological polar surface area (TPSA) is 140 Å². The van der Waals surface area contributed by atoms with Gasteiger partial charge < -0.3 is 15.5 Å². The van der Waals surface area contributed by atoms with Crippen molar-refractivity contribution in [1.29, 1.82) is 0 Å². The number of amides is 1. The third-order valence-corrected chi connectivity index (χ3v) is 5.32. The number of anilines is 2. The predicted octanol–water partition coefficient (Wildman–Crippen LogP) is 2.30. The van der Waals surface area contributed by atoms with Gasteiger partial charge >= 0.3 is 0 Å². The summed E-state index contributed by atoms with van der Waals surface area (Å²) < 4.78 is 25.9. The highest BCUT2D eigenvalue weighted by Crippen LogP contribution is 2.26. The summed E-state index contributed by atoms with van der Waals surface area (Å²) in [5, 5.41) is 22.6. The molecule has 0 atom stereocenters. The highest BCUT2D eigenvalue weighted by atomic mass is 35.5. The molecule has 9 nitrogen and oxygen atoms in total. The van der Waals surface area contributed by atoms with E-state index in [9.17, 15) is 23.4 Å². The van der Waals surface area contributed by atoms with Gasteiger partial charge in [0.2, 0.25) is 10.0 Å². The second-order valence-corrected chi connectivity index (χ2v) is 7.82. The predicted molar refractivity (Wildman–Crippen MR) is 107 cm³/mol. The van der Waals surface area contributed by atoms with Gasteiger partial charge in [-0.1, -0.05) is 23.7 Å². The molecule has 150 valence electrons. The van der Waals surface area contributed by atoms with Crippen molar-refractivity contribution in [2.45, 2.75) is 11.8 Å². The number of halogens is 1. The maximum atomic E-state index is 12.4. The fourth-order valence-corrected chi connectivity index (χ4v) is 3.03. The molecule has 0 bridgehead atoms. The number of hydrogen-bond donors (Lipinski definition) is 6. The number of phenols is 1. The van der Waals surface area contributed by atoms with Gasteiger partial charge in [0.25, 0.3) is 5.91 Å². The molecule has 0 heterocycles. The molecule has 11 heteroatoms. The number of allylic oxidation sites excluding steroid dienone is 1. The van der Waals surface area contributed by atoms with Crippen molar-refractivity contribution in [2.75, 3.05) is 17.8 Å². The lowest BCUT2D eigenvalue weighted by atomic mass is 10.3. The van der Waals surface area contributed by atoms with E-state index >= 15 is 0 Å². The summed E-state index contributed by atoms with van der Waals surface area (Å²) in [5.74, 6) is -1.33. The Bertz CT molecular complexity index is 1020. The number of nitrogens with one attached hydrogen (secondary N) is 4. The molecule has 28 heavy (non-hydrogen) atoms. The summed E-state index contributed by atoms with van der Waals surface area (Å²) in [6.07, 6.45) is 0. The largest absolute Gasteiger partial charge is 0.510 e. The van der Waals surface area contributed by atoms with Crippen molar-refractivity contribution in [3.63, 3.8) is 0 Å². The van der Waals surface area contributed by atoms with Crippen LogP contribution in [0.3, 0.4) is 0 Å². The molecule has 0 aliphatic heterocycles. The number of para-hydroxylation sites is 1. The molecule has 0 aliphatic carbocycles. The van der Waals surface area contributed by atoms with Crippen molar-refractivity contribution in [1.82, 2.24) is 10.1 Å². The zero-order valence-electron chi connectivity index (χ0n) is 14.9. The molecule has 1 amide bonds. The molecular formula is C17H19ClN4O5S. The third-order valence-electron chi connectivity index (χ3n) is 3.58. The summed E-state index contributed by atoms with van der Waals surface area (Å²) in [4.78, 5) is 12.3. The Morgan fingerprint density at radius 2 is 1.79 bits per heavy atom. The van der Waals surface area contributed by atoms with Gasteiger partial charge in [0.15, 0.2) is 5.70 Å². The molecule has 0 fully saturated rings. The average molecular weight is 427 g/mol. The number of aliphatic hydroxyl groups is 1. The highest BCUT2D eigenvalue weighted by Gasteiger charge is 2.17. The van der Waals surface area contributed by atoms with Crippen molar-refractivity contribution < 1.29 is 23.4 Å². The summed E-state index contributed by atoms with van der Waals surface area (Å²) in [6, 6.07) is 10.1. The van der Waals surface area contributed by atoms with Gasteiger partial charge in [-0.05, 0) is 44.3 Å². The number of phenolic OH excluding ortho intramolecular Hbond substituents is 1. The normalized spacial score (nSPS) is 12.1. The van der Waals surface area contributed by atoms with Gasteiger partial charge in [0, 0.05) is 0 Å². The first-order valence-electron chi connectivity index (χ1n) is 7.90. The fourth-order valence-electron chi connectivity index (χ4n) is 2.09. The molecule has 2 rings (SSSR count). The Labute approximate surface area is 167 Å². The van der Waals surface area contributed by atoms with Gasteiger partial charge in [-0.25, -0.2) is 13.1 Å². The minimum Gasteiger partial charge on any atom is -0.510 e. The Hall–Kier alpha value is -2.95. The van der Waals surface area contributed by atoms with Crippen LogP contribution in [0.25, 0.3) is 0 Å². The van der Waals surface area contributed by atoms with Gasteiger partial charge in [-0.15, -0.1) is 0 Å². The number of carbonyl (C=O) groups excluding carboxylic acids is 1. The van der Waals surface area contributed by atoms with Crippen molar-refractivity contribution in [3.8, 4) is 5.75 Å². The van der Waals surface area contributed by atoms with E-state index in [4.69, 9.17) is 11.6 Å². The summed E-state index contributed by atoms with van der Waals surface area (Å²) in [6.45, 7) is 1.28. The minimum absolute atomic E-state index is 0.0272. The zero-order chi connectivity index (χ0) is 20.9. The third kappa shape index (κ3) is 5.06. The van der Waals surface area contributed by atoms with Crippen molar-refractivity contribution in [3.05, 3.63) is 58.9 Å². The van der Waals surface area contributed by atoms with Crippen LogP contribution in [0.2, 0.25) is 5.02 Å². The minimum atomic E-state index is -3.74. The molecule has 0 spiro atoms. The van der Waals surface area contributed by atoms with E-state index in [0.717, 1.165) is 6.07 Å². The van der Waals surface area contributed by atoms with Gasteiger partial charge in [0.05, 0.1) is 21.3 Å². The lowest BCUT2D eigenvalue weighted by Gasteiger charge is -2.16. The van der Waals surface area contributed by atoms with Crippen LogP contribution >= 0.6 is 11.6 Å². The summed E-state index contributed by atoms with van der Waals surface area (Å²) >= 11 is 5.99. The first kappa shape index (κ1) is 21.4. The number of benzene rings is 2. The molecule has 0 unspecified atom stereocenters. The Morgan fingerprint density at radius 3 is 2.39 bits per heavy atom. The van der Waals surface area contributed by atoms with Gasteiger partial charge in [-0.2, -0.15) is 0 Å². The van der Waals surface area contributed by atoms with Crippen LogP contribution in [0.5, 0.6) is 5.75 Å². The van der Waals surface area contributed by atoms with E-state index < -0.39 is 15.9 Å². The molecular weight excluding hydrogens is 408 g/mol. The summed E-state index contributed by atoms with van der Waals surface area (Å²) in [5.41, 5.74) is 5.01. The van der Waals surface area contributed by atoms with Crippen LogP contribution in [-0.2, 0) is 14.8 Å². The fraction of sp³-hybridized carbons (Fsp3) is 0.118. The van der Waals surface area contributed by atoms with Gasteiger partial charge in [-0.3, -0.25) is 15.6 Å². The molecule has 6 N–H and O–H groups in total. The first-order valence-corrected chi connectivity index (χ1v) is 9.76. The van der Waals surface area contributed by atoms with E-state index in [1.54, 1.807) is 24.3 Å². The molecule has 0 saturated heterocycles. The van der Waals surface area contributed by atoms with E-state index in [-0.39, 0.29) is 27.8 Å². The number of hydrogen-bond acceptors (Lipinski definition) is 7. The molecule has 0 aromatic heterocycles. The molecule has 2 aromatic carbocycles. The lowest BCUT2D eigenvalue weighted by molar-refractivity contribution is -0.113. The Kier molecular flexibility index (Phi) is 6.73. The number of rotatable bonds is 7. The van der Waals surface area contributed by atoms with Crippen LogP contribution in [0.4, 0.5) is 11.4 Å². The number of carbonyl (C=O) groups is 1. The second-order valence-electron chi connectivity index (χ2n) is 5.53. The van der Waals surface area contributed by atoms with Crippen LogP contribution in [0.15, 0.2) is 58.8 Å². The first-order chi connectivity index (χ1) is 13.2. The molecule has 0 aliphatic rings. The smallest absolute Gasteiger partial charge is 0.277 e. The SMILES string of the molecule is CNS(=O)(=O)c1ccc(O)c(NN/C(C(=O)Nc2ccccc2Cl)=C(/C)O)c1.